The molecule has 0 radical (unpaired) electrons. The van der Waals surface area contributed by atoms with Crippen LogP contribution in [0.25, 0.3) is 27.5 Å². The molecule has 0 fully saturated rings. The Hall–Kier alpha value is -4.39. The molecular weight excluding hydrogens is 416 g/mol. The molecule has 164 valence electrons. The van der Waals surface area contributed by atoms with Gasteiger partial charge in [0.05, 0.1) is 24.4 Å². The van der Waals surface area contributed by atoms with Crippen LogP contribution in [-0.2, 0) is 0 Å². The van der Waals surface area contributed by atoms with Gasteiger partial charge in [0.25, 0.3) is 11.5 Å². The highest BCUT2D eigenvalue weighted by molar-refractivity contribution is 5.96. The van der Waals surface area contributed by atoms with E-state index in [0.717, 1.165) is 21.9 Å². The molecule has 0 saturated heterocycles. The zero-order chi connectivity index (χ0) is 22.9. The summed E-state index contributed by atoms with van der Waals surface area (Å²) in [4.78, 5) is 32.7. The largest absolute Gasteiger partial charge is 0.481 e. The van der Waals surface area contributed by atoms with Crippen LogP contribution in [0.1, 0.15) is 28.9 Å². The summed E-state index contributed by atoms with van der Waals surface area (Å²) in [6.45, 7) is 1.88. The van der Waals surface area contributed by atoms with Crippen LogP contribution in [-0.4, -0.2) is 27.4 Å². The third kappa shape index (κ3) is 3.96. The van der Waals surface area contributed by atoms with Crippen molar-refractivity contribution >= 4 is 22.2 Å². The lowest BCUT2D eigenvalue weighted by Gasteiger charge is -2.13. The summed E-state index contributed by atoms with van der Waals surface area (Å²) in [6.07, 6.45) is 5.17. The van der Waals surface area contributed by atoms with E-state index in [2.05, 4.69) is 15.3 Å². The van der Waals surface area contributed by atoms with E-state index in [1.54, 1.807) is 36.0 Å². The number of methoxy groups -OCH3 is 1. The SMILES string of the molecule is COc1ccc([C@H](C)NC(=O)c2cc3c(=O)[nH]c(-c4ccc5ccccc5c4)cn3c2)cn1. The van der Waals surface area contributed by atoms with Crippen molar-refractivity contribution in [2.45, 2.75) is 13.0 Å². The van der Waals surface area contributed by atoms with E-state index in [4.69, 9.17) is 4.74 Å². The van der Waals surface area contributed by atoms with Crippen LogP contribution in [0.4, 0.5) is 0 Å². The molecule has 33 heavy (non-hydrogen) atoms. The molecule has 0 unspecified atom stereocenters. The molecule has 0 aliphatic heterocycles. The number of nitrogens with one attached hydrogen (secondary N) is 2. The van der Waals surface area contributed by atoms with Crippen LogP contribution in [0, 0.1) is 0 Å². The van der Waals surface area contributed by atoms with Crippen molar-refractivity contribution in [3.05, 3.63) is 101 Å². The molecular formula is C26H22N4O3. The predicted molar refractivity (Wildman–Crippen MR) is 128 cm³/mol. The van der Waals surface area contributed by atoms with Crippen LogP contribution in [0.3, 0.4) is 0 Å². The first-order valence-electron chi connectivity index (χ1n) is 10.6. The Balaban J connectivity index is 1.43. The number of rotatable bonds is 5. The lowest BCUT2D eigenvalue weighted by molar-refractivity contribution is 0.0940. The summed E-state index contributed by atoms with van der Waals surface area (Å²) in [5, 5.41) is 5.17. The van der Waals surface area contributed by atoms with Gasteiger partial charge < -0.3 is 19.4 Å². The van der Waals surface area contributed by atoms with E-state index >= 15 is 0 Å². The smallest absolute Gasteiger partial charge is 0.272 e. The zero-order valence-electron chi connectivity index (χ0n) is 18.2. The summed E-state index contributed by atoms with van der Waals surface area (Å²) in [5.74, 6) is 0.242. The number of hydrogen-bond acceptors (Lipinski definition) is 4. The Labute approximate surface area is 189 Å². The fourth-order valence-electron chi connectivity index (χ4n) is 3.89. The molecule has 1 amide bonds. The second-order valence-electron chi connectivity index (χ2n) is 7.91. The number of aromatic nitrogens is 3. The summed E-state index contributed by atoms with van der Waals surface area (Å²) < 4.78 is 6.77. The minimum Gasteiger partial charge on any atom is -0.481 e. The van der Waals surface area contributed by atoms with Crippen molar-refractivity contribution in [3.63, 3.8) is 0 Å². The number of pyridine rings is 1. The van der Waals surface area contributed by atoms with Crippen molar-refractivity contribution in [3.8, 4) is 17.1 Å². The first-order chi connectivity index (χ1) is 16.0. The number of nitrogens with zero attached hydrogens (tertiary/aromatic N) is 2. The molecule has 2 aromatic carbocycles. The summed E-state index contributed by atoms with van der Waals surface area (Å²) in [7, 11) is 1.55. The van der Waals surface area contributed by atoms with E-state index in [0.29, 0.717) is 22.7 Å². The molecule has 1 atom stereocenters. The van der Waals surface area contributed by atoms with E-state index in [1.165, 1.54) is 0 Å². The number of fused-ring (bicyclic) bond motifs is 2. The highest BCUT2D eigenvalue weighted by Crippen LogP contribution is 2.23. The average Bonchev–Trinajstić information content (AvgIpc) is 3.29. The van der Waals surface area contributed by atoms with Gasteiger partial charge in [-0.2, -0.15) is 0 Å². The maximum atomic E-state index is 12.9. The Kier molecular flexibility index (Phi) is 5.14. The van der Waals surface area contributed by atoms with E-state index in [1.807, 2.05) is 61.7 Å². The standard InChI is InChI=1S/C26H22N4O3/c1-16(20-9-10-24(33-2)27-13-20)28-25(31)21-12-23-26(32)29-22(15-30(23)14-21)19-8-7-17-5-3-4-6-18(17)11-19/h3-16H,1-2H3,(H,28,31)(H,29,32)/t16-/m0/s1. The molecule has 0 spiro atoms. The number of aromatic amines is 1. The second-order valence-corrected chi connectivity index (χ2v) is 7.91. The monoisotopic (exact) mass is 438 g/mol. The minimum absolute atomic E-state index is 0.257. The van der Waals surface area contributed by atoms with Gasteiger partial charge in [-0.3, -0.25) is 9.59 Å². The molecule has 0 aliphatic carbocycles. The number of amides is 1. The number of benzene rings is 2. The van der Waals surface area contributed by atoms with E-state index < -0.39 is 0 Å². The fourth-order valence-corrected chi connectivity index (χ4v) is 3.89. The van der Waals surface area contributed by atoms with E-state index in [9.17, 15) is 9.59 Å². The maximum absolute atomic E-state index is 12.9. The topological polar surface area (TPSA) is 88.5 Å². The number of H-pyrrole nitrogens is 1. The second kappa shape index (κ2) is 8.27. The highest BCUT2D eigenvalue weighted by atomic mass is 16.5. The molecule has 2 N–H and O–H groups in total. The van der Waals surface area contributed by atoms with Crippen LogP contribution in [0.5, 0.6) is 5.88 Å². The fraction of sp³-hybridized carbons (Fsp3) is 0.115. The Bertz CT molecular complexity index is 1530. The third-order valence-corrected chi connectivity index (χ3v) is 5.74. The summed E-state index contributed by atoms with van der Waals surface area (Å²) in [6, 6.07) is 19.0. The van der Waals surface area contributed by atoms with Crippen molar-refractivity contribution in [1.82, 2.24) is 19.7 Å². The molecule has 0 saturated carbocycles. The van der Waals surface area contributed by atoms with E-state index in [-0.39, 0.29) is 17.5 Å². The number of carbonyl (C=O) groups is 1. The molecule has 3 aromatic heterocycles. The first-order valence-corrected chi connectivity index (χ1v) is 10.6. The van der Waals surface area contributed by atoms with Crippen molar-refractivity contribution < 1.29 is 9.53 Å². The van der Waals surface area contributed by atoms with Gasteiger partial charge >= 0.3 is 0 Å². The average molecular weight is 438 g/mol. The van der Waals surface area contributed by atoms with Gasteiger partial charge in [-0.05, 0) is 35.4 Å². The zero-order valence-corrected chi connectivity index (χ0v) is 18.2. The molecule has 3 heterocycles. The molecule has 5 rings (SSSR count). The molecule has 7 nitrogen and oxygen atoms in total. The van der Waals surface area contributed by atoms with Crippen LogP contribution in [0.15, 0.2) is 84.0 Å². The van der Waals surface area contributed by atoms with Gasteiger partial charge in [-0.15, -0.1) is 0 Å². The van der Waals surface area contributed by atoms with Gasteiger partial charge in [-0.25, -0.2) is 4.98 Å². The lowest BCUT2D eigenvalue weighted by atomic mass is 10.1. The number of hydrogen-bond donors (Lipinski definition) is 2. The third-order valence-electron chi connectivity index (χ3n) is 5.74. The van der Waals surface area contributed by atoms with Gasteiger partial charge in [0, 0.05) is 30.2 Å². The predicted octanol–water partition coefficient (Wildman–Crippen LogP) is 4.34. The Morgan fingerprint density at radius 1 is 1.06 bits per heavy atom. The maximum Gasteiger partial charge on any atom is 0.272 e. The Morgan fingerprint density at radius 2 is 1.88 bits per heavy atom. The normalized spacial score (nSPS) is 12.1. The van der Waals surface area contributed by atoms with Crippen molar-refractivity contribution in [1.29, 1.82) is 0 Å². The molecule has 5 aromatic rings. The quantitative estimate of drug-likeness (QED) is 0.427. The van der Waals surface area contributed by atoms with Crippen LogP contribution >= 0.6 is 0 Å². The highest BCUT2D eigenvalue weighted by Gasteiger charge is 2.15. The molecule has 0 aliphatic rings. The molecule has 0 bridgehead atoms. The van der Waals surface area contributed by atoms with Gasteiger partial charge in [-0.1, -0.05) is 42.5 Å². The lowest BCUT2D eigenvalue weighted by Crippen LogP contribution is -2.26. The van der Waals surface area contributed by atoms with Crippen molar-refractivity contribution in [2.24, 2.45) is 0 Å². The van der Waals surface area contributed by atoms with Crippen LogP contribution in [0.2, 0.25) is 0 Å². The minimum atomic E-state index is -0.270. The Morgan fingerprint density at radius 3 is 2.64 bits per heavy atom. The molecule has 7 heteroatoms. The van der Waals surface area contributed by atoms with Gasteiger partial charge in [0.1, 0.15) is 5.52 Å². The summed E-state index contributed by atoms with van der Waals surface area (Å²) in [5.41, 5.74) is 2.98. The number of carbonyl (C=O) groups excluding carboxylic acids is 1. The van der Waals surface area contributed by atoms with Crippen LogP contribution < -0.4 is 15.6 Å². The first kappa shape index (κ1) is 20.5. The number of ether oxygens (including phenoxy) is 1. The summed E-state index contributed by atoms with van der Waals surface area (Å²) >= 11 is 0. The van der Waals surface area contributed by atoms with Crippen molar-refractivity contribution in [2.75, 3.05) is 7.11 Å². The van der Waals surface area contributed by atoms with Gasteiger partial charge in [0.2, 0.25) is 5.88 Å². The van der Waals surface area contributed by atoms with Gasteiger partial charge in [0.15, 0.2) is 0 Å².